The fraction of sp³-hybridized carbons (Fsp3) is 1.00. The van der Waals surface area contributed by atoms with Crippen LogP contribution in [0.25, 0.3) is 0 Å². The molecule has 2 bridgehead atoms. The Morgan fingerprint density at radius 1 is 1.36 bits per heavy atom. The van der Waals surface area contributed by atoms with Crippen molar-refractivity contribution in [2.75, 3.05) is 6.54 Å². The van der Waals surface area contributed by atoms with Gasteiger partial charge in [0.25, 0.3) is 0 Å². The summed E-state index contributed by atoms with van der Waals surface area (Å²) in [5.74, 6) is 0.921. The Morgan fingerprint density at radius 3 is 2.64 bits per heavy atom. The fourth-order valence-corrected chi connectivity index (χ4v) is 3.27. The van der Waals surface area contributed by atoms with Gasteiger partial charge in [0, 0.05) is 18.1 Å². The van der Waals surface area contributed by atoms with Gasteiger partial charge in [-0.25, -0.2) is 0 Å². The van der Waals surface area contributed by atoms with Crippen molar-refractivity contribution in [2.45, 2.75) is 57.7 Å². The lowest BCUT2D eigenvalue weighted by Crippen LogP contribution is -2.33. The normalized spacial score (nSPS) is 48.4. The Morgan fingerprint density at radius 2 is 2.14 bits per heavy atom. The summed E-state index contributed by atoms with van der Waals surface area (Å²) >= 11 is 0. The molecule has 2 aliphatic heterocycles. The van der Waals surface area contributed by atoms with Gasteiger partial charge in [-0.05, 0) is 43.6 Å². The SMILES string of the molecule is CC1(C)CC1NCC1CC2CCC1N2. The van der Waals surface area contributed by atoms with Crippen LogP contribution >= 0.6 is 0 Å². The summed E-state index contributed by atoms with van der Waals surface area (Å²) in [4.78, 5) is 0. The van der Waals surface area contributed by atoms with Gasteiger partial charge in [-0.3, -0.25) is 0 Å². The molecule has 2 heteroatoms. The zero-order valence-electron chi connectivity index (χ0n) is 9.34. The van der Waals surface area contributed by atoms with Gasteiger partial charge in [0.15, 0.2) is 0 Å². The summed E-state index contributed by atoms with van der Waals surface area (Å²) in [5, 5.41) is 7.44. The van der Waals surface area contributed by atoms with E-state index in [2.05, 4.69) is 24.5 Å². The van der Waals surface area contributed by atoms with Gasteiger partial charge in [0.1, 0.15) is 0 Å². The predicted molar refractivity (Wildman–Crippen MR) is 58.2 cm³/mol. The molecule has 2 saturated heterocycles. The molecule has 0 amide bonds. The molecule has 2 nitrogen and oxygen atoms in total. The molecule has 4 unspecified atom stereocenters. The molecule has 3 fully saturated rings. The largest absolute Gasteiger partial charge is 0.313 e. The number of fused-ring (bicyclic) bond motifs is 2. The lowest BCUT2D eigenvalue weighted by atomic mass is 9.89. The van der Waals surface area contributed by atoms with Crippen LogP contribution in [0.5, 0.6) is 0 Å². The molecule has 3 aliphatic rings. The van der Waals surface area contributed by atoms with Gasteiger partial charge < -0.3 is 10.6 Å². The molecule has 0 aromatic heterocycles. The van der Waals surface area contributed by atoms with Crippen LogP contribution in [-0.2, 0) is 0 Å². The first-order valence-electron chi connectivity index (χ1n) is 6.14. The molecule has 3 rings (SSSR count). The third kappa shape index (κ3) is 1.49. The minimum atomic E-state index is 0.588. The highest BCUT2D eigenvalue weighted by atomic mass is 15.1. The van der Waals surface area contributed by atoms with E-state index in [1.165, 1.54) is 32.2 Å². The molecule has 2 N–H and O–H groups in total. The van der Waals surface area contributed by atoms with E-state index in [9.17, 15) is 0 Å². The van der Waals surface area contributed by atoms with Crippen LogP contribution < -0.4 is 10.6 Å². The average molecular weight is 194 g/mol. The molecule has 14 heavy (non-hydrogen) atoms. The fourth-order valence-electron chi connectivity index (χ4n) is 3.27. The van der Waals surface area contributed by atoms with E-state index in [1.807, 2.05) is 0 Å². The quantitative estimate of drug-likeness (QED) is 0.712. The monoisotopic (exact) mass is 194 g/mol. The molecule has 1 aliphatic carbocycles. The van der Waals surface area contributed by atoms with Crippen LogP contribution in [0.2, 0.25) is 0 Å². The molecular weight excluding hydrogens is 172 g/mol. The summed E-state index contributed by atoms with van der Waals surface area (Å²) in [5.41, 5.74) is 0.588. The first-order valence-corrected chi connectivity index (χ1v) is 6.14. The van der Waals surface area contributed by atoms with Crippen LogP contribution in [0.3, 0.4) is 0 Å². The molecule has 0 aromatic carbocycles. The molecule has 0 aromatic rings. The van der Waals surface area contributed by atoms with Crippen molar-refractivity contribution < 1.29 is 0 Å². The van der Waals surface area contributed by atoms with Crippen molar-refractivity contribution in [1.29, 1.82) is 0 Å². The first-order chi connectivity index (χ1) is 6.65. The molecular formula is C12H22N2. The van der Waals surface area contributed by atoms with Gasteiger partial charge >= 0.3 is 0 Å². The topological polar surface area (TPSA) is 24.1 Å². The number of rotatable bonds is 3. The summed E-state index contributed by atoms with van der Waals surface area (Å²) in [6, 6.07) is 2.51. The number of nitrogens with one attached hydrogen (secondary N) is 2. The smallest absolute Gasteiger partial charge is 0.0125 e. The average Bonchev–Trinajstić information content (AvgIpc) is 2.59. The summed E-state index contributed by atoms with van der Waals surface area (Å²) < 4.78 is 0. The van der Waals surface area contributed by atoms with Gasteiger partial charge in [-0.1, -0.05) is 13.8 Å². The Kier molecular flexibility index (Phi) is 1.94. The third-order valence-corrected chi connectivity index (χ3v) is 4.57. The van der Waals surface area contributed by atoms with Crippen LogP contribution in [-0.4, -0.2) is 24.7 Å². The first kappa shape index (κ1) is 9.17. The van der Waals surface area contributed by atoms with Crippen molar-refractivity contribution in [2.24, 2.45) is 11.3 Å². The predicted octanol–water partition coefficient (Wildman–Crippen LogP) is 1.51. The van der Waals surface area contributed by atoms with Crippen molar-refractivity contribution in [3.63, 3.8) is 0 Å². The zero-order valence-corrected chi connectivity index (χ0v) is 9.34. The molecule has 1 saturated carbocycles. The highest BCUT2D eigenvalue weighted by molar-refractivity contribution is 5.03. The maximum absolute atomic E-state index is 3.73. The highest BCUT2D eigenvalue weighted by Crippen LogP contribution is 2.45. The van der Waals surface area contributed by atoms with Crippen LogP contribution in [0.15, 0.2) is 0 Å². The third-order valence-electron chi connectivity index (χ3n) is 4.57. The summed E-state index contributed by atoms with van der Waals surface area (Å²) in [6.45, 7) is 5.98. The lowest BCUT2D eigenvalue weighted by Gasteiger charge is -2.20. The van der Waals surface area contributed by atoms with Crippen molar-refractivity contribution in [1.82, 2.24) is 10.6 Å². The van der Waals surface area contributed by atoms with E-state index in [-0.39, 0.29) is 0 Å². The van der Waals surface area contributed by atoms with Crippen LogP contribution in [0.1, 0.15) is 39.5 Å². The van der Waals surface area contributed by atoms with Gasteiger partial charge in [0.05, 0.1) is 0 Å². The Balaban J connectivity index is 1.46. The van der Waals surface area contributed by atoms with Crippen LogP contribution in [0.4, 0.5) is 0 Å². The van der Waals surface area contributed by atoms with Gasteiger partial charge in [-0.15, -0.1) is 0 Å². The maximum Gasteiger partial charge on any atom is 0.0125 e. The van der Waals surface area contributed by atoms with E-state index in [4.69, 9.17) is 0 Å². The number of hydrogen-bond donors (Lipinski definition) is 2. The minimum absolute atomic E-state index is 0.588. The second-order valence-corrected chi connectivity index (χ2v) is 6.20. The summed E-state index contributed by atoms with van der Waals surface area (Å²) in [6.07, 6.45) is 5.65. The Labute approximate surface area is 86.8 Å². The second-order valence-electron chi connectivity index (χ2n) is 6.20. The summed E-state index contributed by atoms with van der Waals surface area (Å²) in [7, 11) is 0. The zero-order chi connectivity index (χ0) is 9.76. The molecule has 2 heterocycles. The van der Waals surface area contributed by atoms with E-state index in [1.54, 1.807) is 0 Å². The van der Waals surface area contributed by atoms with E-state index in [0.717, 1.165) is 24.0 Å². The highest BCUT2D eigenvalue weighted by Gasteiger charge is 2.46. The molecule has 80 valence electrons. The van der Waals surface area contributed by atoms with Crippen molar-refractivity contribution >= 4 is 0 Å². The van der Waals surface area contributed by atoms with Gasteiger partial charge in [0.2, 0.25) is 0 Å². The van der Waals surface area contributed by atoms with E-state index in [0.29, 0.717) is 5.41 Å². The maximum atomic E-state index is 3.73. The van der Waals surface area contributed by atoms with Gasteiger partial charge in [-0.2, -0.15) is 0 Å². The standard InChI is InChI=1S/C12H22N2/c1-12(2)6-11(12)13-7-8-5-9-3-4-10(8)14-9/h8-11,13-14H,3-7H2,1-2H3. The second kappa shape index (κ2) is 2.96. The Bertz CT molecular complexity index is 236. The molecule has 4 atom stereocenters. The Hall–Kier alpha value is -0.0800. The number of hydrogen-bond acceptors (Lipinski definition) is 2. The van der Waals surface area contributed by atoms with E-state index >= 15 is 0 Å². The van der Waals surface area contributed by atoms with Crippen LogP contribution in [0, 0.1) is 11.3 Å². The lowest BCUT2D eigenvalue weighted by molar-refractivity contribution is 0.373. The molecule has 0 spiro atoms. The molecule has 0 radical (unpaired) electrons. The van der Waals surface area contributed by atoms with Crippen molar-refractivity contribution in [3.8, 4) is 0 Å². The minimum Gasteiger partial charge on any atom is -0.313 e. The van der Waals surface area contributed by atoms with Crippen molar-refractivity contribution in [3.05, 3.63) is 0 Å². The van der Waals surface area contributed by atoms with E-state index < -0.39 is 0 Å².